The maximum absolute atomic E-state index is 12.8. The minimum Gasteiger partial charge on any atom is -0.445 e. The maximum atomic E-state index is 12.8. The van der Waals surface area contributed by atoms with Gasteiger partial charge in [0, 0.05) is 52.1 Å². The van der Waals surface area contributed by atoms with Gasteiger partial charge in [-0.1, -0.05) is 6.07 Å². The monoisotopic (exact) mass is 651 g/mol. The first kappa shape index (κ1) is 31.6. The van der Waals surface area contributed by atoms with Crippen molar-refractivity contribution in [1.29, 1.82) is 0 Å². The van der Waals surface area contributed by atoms with Crippen LogP contribution in [0, 0.1) is 34.6 Å². The van der Waals surface area contributed by atoms with E-state index in [4.69, 9.17) is 4.42 Å². The molecule has 0 saturated heterocycles. The predicted octanol–water partition coefficient (Wildman–Crippen LogP) is 7.86. The number of carbonyl (C=O) groups is 2. The SMILES string of the molecule is Cc1cc(C)n2ccc(C(=O)Nc3ccc(-c4ncco4)cc3C)c2n1.Cc1cc(C)n2ccc(C(=O)Nc3ccc4c(c3)CCC4)c2n1. The van der Waals surface area contributed by atoms with E-state index in [2.05, 4.69) is 37.7 Å². The Balaban J connectivity index is 0.000000155. The molecule has 5 heterocycles. The number of carbonyl (C=O) groups excluding carboxylic acids is 2. The van der Waals surface area contributed by atoms with Gasteiger partial charge in [-0.3, -0.25) is 9.59 Å². The molecule has 49 heavy (non-hydrogen) atoms. The summed E-state index contributed by atoms with van der Waals surface area (Å²) >= 11 is 0. The van der Waals surface area contributed by atoms with Gasteiger partial charge < -0.3 is 23.9 Å². The quantitative estimate of drug-likeness (QED) is 0.196. The molecule has 1 aliphatic rings. The molecule has 0 spiro atoms. The summed E-state index contributed by atoms with van der Waals surface area (Å²) in [5, 5.41) is 5.99. The molecular formula is C39H37N7O3. The molecule has 0 fully saturated rings. The lowest BCUT2D eigenvalue weighted by atomic mass is 10.1. The van der Waals surface area contributed by atoms with E-state index in [0.717, 1.165) is 58.1 Å². The lowest BCUT2D eigenvalue weighted by Gasteiger charge is -2.09. The van der Waals surface area contributed by atoms with Gasteiger partial charge in [0.1, 0.15) is 17.6 Å². The summed E-state index contributed by atoms with van der Waals surface area (Å²) in [7, 11) is 0. The Morgan fingerprint density at radius 1 is 0.714 bits per heavy atom. The average molecular weight is 652 g/mol. The zero-order valence-corrected chi connectivity index (χ0v) is 28.2. The molecule has 10 nitrogen and oxygen atoms in total. The standard InChI is InChI=1S/C20H18N4O2.C19H19N3O/c1-12-10-15(20-21-7-9-26-20)4-5-17(12)23-19(25)16-6-8-24-14(3)11-13(2)22-18(16)24;1-12-10-13(2)22-9-8-17(18(22)20-12)19(23)21-16-7-6-14-4-3-5-15(14)11-16/h4-11H,1-3H3,(H,23,25);6-11H,3-5H2,1-2H3,(H,21,23). The third-order valence-corrected chi connectivity index (χ3v) is 8.88. The van der Waals surface area contributed by atoms with Gasteiger partial charge in [-0.2, -0.15) is 0 Å². The Labute approximate surface area is 283 Å². The molecule has 10 heteroatoms. The second kappa shape index (κ2) is 12.9. The van der Waals surface area contributed by atoms with Crippen LogP contribution in [-0.2, 0) is 12.8 Å². The lowest BCUT2D eigenvalue weighted by molar-refractivity contribution is 0.102. The molecule has 2 amide bonds. The van der Waals surface area contributed by atoms with E-state index in [1.807, 2.05) is 98.3 Å². The van der Waals surface area contributed by atoms with E-state index in [9.17, 15) is 9.59 Å². The molecule has 0 atom stereocenters. The zero-order valence-electron chi connectivity index (χ0n) is 28.2. The highest BCUT2D eigenvalue weighted by molar-refractivity contribution is 6.09. The van der Waals surface area contributed by atoms with Gasteiger partial charge in [0.05, 0.1) is 17.3 Å². The van der Waals surface area contributed by atoms with Gasteiger partial charge >= 0.3 is 0 Å². The van der Waals surface area contributed by atoms with Crippen LogP contribution in [0.5, 0.6) is 0 Å². The largest absolute Gasteiger partial charge is 0.445 e. The number of benzene rings is 2. The summed E-state index contributed by atoms with van der Waals surface area (Å²) < 4.78 is 9.18. The fourth-order valence-electron chi connectivity index (χ4n) is 6.48. The van der Waals surface area contributed by atoms with E-state index in [1.165, 1.54) is 23.8 Å². The first-order valence-electron chi connectivity index (χ1n) is 16.3. The van der Waals surface area contributed by atoms with Crippen LogP contribution in [0.2, 0.25) is 0 Å². The highest BCUT2D eigenvalue weighted by Gasteiger charge is 2.18. The normalized spacial score (nSPS) is 12.1. The number of hydrogen-bond acceptors (Lipinski definition) is 6. The molecule has 2 aromatic carbocycles. The van der Waals surface area contributed by atoms with E-state index < -0.39 is 0 Å². The number of nitrogens with zero attached hydrogens (tertiary/aromatic N) is 5. The molecule has 0 bridgehead atoms. The number of amides is 2. The zero-order chi connectivity index (χ0) is 34.2. The predicted molar refractivity (Wildman–Crippen MR) is 190 cm³/mol. The third-order valence-electron chi connectivity index (χ3n) is 8.88. The summed E-state index contributed by atoms with van der Waals surface area (Å²) in [5.41, 5.74) is 12.6. The van der Waals surface area contributed by atoms with E-state index in [0.29, 0.717) is 28.3 Å². The first-order valence-corrected chi connectivity index (χ1v) is 16.3. The van der Waals surface area contributed by atoms with Crippen molar-refractivity contribution >= 4 is 34.5 Å². The van der Waals surface area contributed by atoms with Crippen molar-refractivity contribution in [2.75, 3.05) is 10.6 Å². The molecule has 0 saturated carbocycles. The van der Waals surface area contributed by atoms with Crippen LogP contribution in [0.15, 0.2) is 89.9 Å². The lowest BCUT2D eigenvalue weighted by Crippen LogP contribution is -2.13. The fraction of sp³-hybridized carbons (Fsp3) is 0.205. The summed E-state index contributed by atoms with van der Waals surface area (Å²) in [6.07, 6.45) is 10.4. The van der Waals surface area contributed by atoms with Gasteiger partial charge in [-0.15, -0.1) is 0 Å². The van der Waals surface area contributed by atoms with E-state index in [1.54, 1.807) is 12.3 Å². The van der Waals surface area contributed by atoms with Crippen LogP contribution in [0.3, 0.4) is 0 Å². The molecule has 246 valence electrons. The average Bonchev–Trinajstić information content (AvgIpc) is 3.89. The Morgan fingerprint density at radius 3 is 1.96 bits per heavy atom. The number of aryl methyl sites for hydroxylation is 7. The van der Waals surface area contributed by atoms with Crippen molar-refractivity contribution in [3.05, 3.63) is 136 Å². The highest BCUT2D eigenvalue weighted by atomic mass is 16.3. The van der Waals surface area contributed by atoms with Crippen molar-refractivity contribution in [3.8, 4) is 11.5 Å². The second-order valence-corrected chi connectivity index (χ2v) is 12.5. The molecule has 0 unspecified atom stereocenters. The van der Waals surface area contributed by atoms with Gasteiger partial charge in [0.25, 0.3) is 11.8 Å². The summed E-state index contributed by atoms with van der Waals surface area (Å²) in [5.74, 6) is 0.263. The summed E-state index contributed by atoms with van der Waals surface area (Å²) in [4.78, 5) is 38.6. The molecule has 8 rings (SSSR count). The van der Waals surface area contributed by atoms with Crippen molar-refractivity contribution in [1.82, 2.24) is 23.8 Å². The van der Waals surface area contributed by atoms with Crippen LogP contribution < -0.4 is 10.6 Å². The molecule has 5 aromatic heterocycles. The van der Waals surface area contributed by atoms with E-state index >= 15 is 0 Å². The van der Waals surface area contributed by atoms with E-state index in [-0.39, 0.29) is 11.8 Å². The molecule has 0 radical (unpaired) electrons. The molecular weight excluding hydrogens is 614 g/mol. The van der Waals surface area contributed by atoms with Crippen LogP contribution in [0.4, 0.5) is 11.4 Å². The van der Waals surface area contributed by atoms with Gasteiger partial charge in [0.15, 0.2) is 0 Å². The number of hydrogen-bond donors (Lipinski definition) is 2. The molecule has 0 aliphatic heterocycles. The number of anilines is 2. The van der Waals surface area contributed by atoms with Crippen LogP contribution >= 0.6 is 0 Å². The first-order chi connectivity index (χ1) is 23.6. The molecule has 7 aromatic rings. The van der Waals surface area contributed by atoms with Crippen LogP contribution in [-0.4, -0.2) is 35.6 Å². The van der Waals surface area contributed by atoms with Gasteiger partial charge in [0.2, 0.25) is 5.89 Å². The van der Waals surface area contributed by atoms with Crippen LogP contribution in [0.25, 0.3) is 22.7 Å². The second-order valence-electron chi connectivity index (χ2n) is 12.5. The molecule has 2 N–H and O–H groups in total. The Morgan fingerprint density at radius 2 is 1.35 bits per heavy atom. The van der Waals surface area contributed by atoms with Gasteiger partial charge in [-0.05, 0) is 125 Å². The van der Waals surface area contributed by atoms with Crippen molar-refractivity contribution < 1.29 is 14.0 Å². The Hall–Kier alpha value is -6.03. The minimum absolute atomic E-state index is 0.108. The topological polar surface area (TPSA) is 119 Å². The number of fused-ring (bicyclic) bond motifs is 3. The molecule has 1 aliphatic carbocycles. The third kappa shape index (κ3) is 6.32. The van der Waals surface area contributed by atoms with Crippen molar-refractivity contribution in [2.45, 2.75) is 53.9 Å². The number of oxazole rings is 1. The van der Waals surface area contributed by atoms with Crippen molar-refractivity contribution in [3.63, 3.8) is 0 Å². The smallest absolute Gasteiger partial charge is 0.259 e. The minimum atomic E-state index is -0.183. The van der Waals surface area contributed by atoms with Crippen LogP contribution in [0.1, 0.15) is 66.6 Å². The van der Waals surface area contributed by atoms with Crippen molar-refractivity contribution in [2.24, 2.45) is 0 Å². The summed E-state index contributed by atoms with van der Waals surface area (Å²) in [6.45, 7) is 9.82. The maximum Gasteiger partial charge on any atom is 0.259 e. The Bertz CT molecular complexity index is 2370. The Kier molecular flexibility index (Phi) is 8.29. The summed E-state index contributed by atoms with van der Waals surface area (Å²) in [6, 6.07) is 19.5. The number of rotatable bonds is 5. The highest BCUT2D eigenvalue weighted by Crippen LogP contribution is 2.27. The fourth-order valence-corrected chi connectivity index (χ4v) is 6.48. The van der Waals surface area contributed by atoms with Gasteiger partial charge in [-0.25, -0.2) is 15.0 Å². The number of nitrogens with one attached hydrogen (secondary N) is 2. The number of aromatic nitrogens is 5.